The van der Waals surface area contributed by atoms with Crippen LogP contribution in [0.4, 0.5) is 13.2 Å². The number of halogens is 3. The Morgan fingerprint density at radius 1 is 1.13 bits per heavy atom. The van der Waals surface area contributed by atoms with E-state index in [1.54, 1.807) is 0 Å². The highest BCUT2D eigenvalue weighted by Gasteiger charge is 2.35. The molecule has 39 heavy (non-hydrogen) atoms. The zero-order valence-electron chi connectivity index (χ0n) is 21.2. The third-order valence-electron chi connectivity index (χ3n) is 6.48. The molecule has 10 nitrogen and oxygen atoms in total. The Morgan fingerprint density at radius 2 is 1.90 bits per heavy atom. The minimum Gasteiger partial charge on any atom is -0.469 e. The Kier molecular flexibility index (Phi) is 8.17. The fourth-order valence-corrected chi connectivity index (χ4v) is 4.19. The molecule has 1 atom stereocenters. The highest BCUT2D eigenvalue weighted by Crippen LogP contribution is 2.35. The first-order chi connectivity index (χ1) is 18.6. The number of carbonyl (C=O) groups is 3. The van der Waals surface area contributed by atoms with Crippen LogP contribution in [0.5, 0.6) is 5.75 Å². The van der Waals surface area contributed by atoms with E-state index in [0.717, 1.165) is 17.7 Å². The molecule has 0 radical (unpaired) electrons. The summed E-state index contributed by atoms with van der Waals surface area (Å²) in [6.07, 6.45) is 5.05. The van der Waals surface area contributed by atoms with Crippen LogP contribution in [0.1, 0.15) is 52.7 Å². The third kappa shape index (κ3) is 6.36. The molecule has 1 aliphatic carbocycles. The van der Waals surface area contributed by atoms with Crippen LogP contribution < -0.4 is 15.4 Å². The van der Waals surface area contributed by atoms with Crippen molar-refractivity contribution < 1.29 is 37.0 Å². The number of hydrogen-bond donors (Lipinski definition) is 2. The zero-order chi connectivity index (χ0) is 28.2. The van der Waals surface area contributed by atoms with Gasteiger partial charge in [0.1, 0.15) is 11.4 Å². The maximum Gasteiger partial charge on any atom is 0.387 e. The smallest absolute Gasteiger partial charge is 0.387 e. The van der Waals surface area contributed by atoms with E-state index in [2.05, 4.69) is 25.5 Å². The van der Waals surface area contributed by atoms with Gasteiger partial charge < -0.3 is 20.1 Å². The number of benzene rings is 1. The first-order valence-corrected chi connectivity index (χ1v) is 12.0. The second kappa shape index (κ2) is 11.5. The SMILES string of the molecule is COC(=O)C1(C)CC=C(CNC(=O)c2cc(C(=O)NCc3ccc(F)c(OC(F)F)c3)nc3ccnn23)CC1. The fourth-order valence-electron chi connectivity index (χ4n) is 4.19. The van der Waals surface area contributed by atoms with E-state index >= 15 is 0 Å². The van der Waals surface area contributed by atoms with E-state index < -0.39 is 35.4 Å². The van der Waals surface area contributed by atoms with Gasteiger partial charge in [0, 0.05) is 25.2 Å². The molecule has 0 saturated heterocycles. The quantitative estimate of drug-likeness (QED) is 0.312. The van der Waals surface area contributed by atoms with E-state index in [-0.39, 0.29) is 36.1 Å². The van der Waals surface area contributed by atoms with Crippen molar-refractivity contribution in [3.63, 3.8) is 0 Å². The van der Waals surface area contributed by atoms with Gasteiger partial charge in [0.15, 0.2) is 17.2 Å². The maximum atomic E-state index is 13.7. The van der Waals surface area contributed by atoms with Crippen molar-refractivity contribution >= 4 is 23.4 Å². The summed E-state index contributed by atoms with van der Waals surface area (Å²) in [6.45, 7) is -1.24. The molecule has 0 saturated carbocycles. The molecule has 1 aliphatic rings. The number of fused-ring (bicyclic) bond motifs is 1. The normalized spacial score (nSPS) is 17.0. The number of allylic oxidation sites excluding steroid dienone is 1. The number of esters is 1. The summed E-state index contributed by atoms with van der Waals surface area (Å²) in [4.78, 5) is 42.1. The van der Waals surface area contributed by atoms with E-state index in [4.69, 9.17) is 4.74 Å². The highest BCUT2D eigenvalue weighted by atomic mass is 19.3. The van der Waals surface area contributed by atoms with Gasteiger partial charge in [0.05, 0.1) is 18.7 Å². The van der Waals surface area contributed by atoms with Crippen molar-refractivity contribution in [2.24, 2.45) is 5.41 Å². The minimum atomic E-state index is -3.20. The third-order valence-corrected chi connectivity index (χ3v) is 6.48. The summed E-state index contributed by atoms with van der Waals surface area (Å²) < 4.78 is 48.9. The van der Waals surface area contributed by atoms with Crippen LogP contribution in [-0.4, -0.2) is 52.6 Å². The van der Waals surface area contributed by atoms with Gasteiger partial charge in [-0.05, 0) is 43.9 Å². The van der Waals surface area contributed by atoms with Gasteiger partial charge in [-0.15, -0.1) is 0 Å². The monoisotopic (exact) mass is 545 g/mol. The predicted molar refractivity (Wildman–Crippen MR) is 132 cm³/mol. The lowest BCUT2D eigenvalue weighted by molar-refractivity contribution is -0.152. The van der Waals surface area contributed by atoms with Gasteiger partial charge in [-0.2, -0.15) is 13.9 Å². The number of hydrogen-bond acceptors (Lipinski definition) is 7. The molecule has 0 aliphatic heterocycles. The average molecular weight is 546 g/mol. The molecule has 4 rings (SSSR count). The topological polar surface area (TPSA) is 124 Å². The van der Waals surface area contributed by atoms with Crippen molar-refractivity contribution in [3.05, 3.63) is 70.9 Å². The van der Waals surface area contributed by atoms with E-state index in [1.807, 2.05) is 13.0 Å². The summed E-state index contributed by atoms with van der Waals surface area (Å²) in [5, 5.41) is 9.49. The standard InChI is InChI=1S/C26H26F3N5O5/c1-26(24(37)38-2)8-5-15(6-9-26)13-31-23(36)19-12-18(33-21-7-10-32-34(19)21)22(35)30-14-16-3-4-17(27)20(11-16)39-25(28)29/h3-5,7,10-12,25H,6,8-9,13-14H2,1-2H3,(H,30,35)(H,31,36). The molecule has 13 heteroatoms. The average Bonchev–Trinajstić information content (AvgIpc) is 3.40. The molecule has 2 amide bonds. The Morgan fingerprint density at radius 3 is 2.59 bits per heavy atom. The molecule has 2 N–H and O–H groups in total. The van der Waals surface area contributed by atoms with Crippen LogP contribution in [0.15, 0.2) is 48.2 Å². The first-order valence-electron chi connectivity index (χ1n) is 12.0. The van der Waals surface area contributed by atoms with Crippen molar-refractivity contribution in [2.45, 2.75) is 39.3 Å². The van der Waals surface area contributed by atoms with Gasteiger partial charge in [0.25, 0.3) is 11.8 Å². The van der Waals surface area contributed by atoms with Crippen LogP contribution >= 0.6 is 0 Å². The second-order valence-electron chi connectivity index (χ2n) is 9.26. The minimum absolute atomic E-state index is 0.0698. The van der Waals surface area contributed by atoms with Gasteiger partial charge in [-0.3, -0.25) is 14.4 Å². The summed E-state index contributed by atoms with van der Waals surface area (Å²) in [7, 11) is 1.36. The van der Waals surface area contributed by atoms with Crippen molar-refractivity contribution in [1.82, 2.24) is 25.2 Å². The molecule has 1 unspecified atom stereocenters. The Balaban J connectivity index is 1.44. The number of amides is 2. The number of rotatable bonds is 9. The predicted octanol–water partition coefficient (Wildman–Crippen LogP) is 3.42. The van der Waals surface area contributed by atoms with Gasteiger partial charge >= 0.3 is 12.6 Å². The lowest BCUT2D eigenvalue weighted by atomic mass is 9.76. The number of alkyl halides is 2. The lowest BCUT2D eigenvalue weighted by Gasteiger charge is -2.30. The number of methoxy groups -OCH3 is 1. The van der Waals surface area contributed by atoms with Crippen molar-refractivity contribution in [2.75, 3.05) is 13.7 Å². The lowest BCUT2D eigenvalue weighted by Crippen LogP contribution is -2.33. The van der Waals surface area contributed by atoms with E-state index in [9.17, 15) is 27.6 Å². The van der Waals surface area contributed by atoms with Crippen LogP contribution in [0, 0.1) is 11.2 Å². The summed E-state index contributed by atoms with van der Waals surface area (Å²) in [6, 6.07) is 6.13. The largest absolute Gasteiger partial charge is 0.469 e. The number of aromatic nitrogens is 3. The Labute approximate surface area is 221 Å². The zero-order valence-corrected chi connectivity index (χ0v) is 21.2. The number of carbonyl (C=O) groups excluding carboxylic acids is 3. The number of nitrogens with one attached hydrogen (secondary N) is 2. The molecule has 0 bridgehead atoms. The number of nitrogens with zero attached hydrogens (tertiary/aromatic N) is 3. The molecule has 206 valence electrons. The van der Waals surface area contributed by atoms with E-state index in [0.29, 0.717) is 24.8 Å². The Hall–Kier alpha value is -4.42. The van der Waals surface area contributed by atoms with Gasteiger partial charge in [-0.1, -0.05) is 17.7 Å². The molecule has 0 fully saturated rings. The second-order valence-corrected chi connectivity index (χ2v) is 9.26. The Bertz CT molecular complexity index is 1440. The molecular weight excluding hydrogens is 519 g/mol. The van der Waals surface area contributed by atoms with Gasteiger partial charge in [0.2, 0.25) is 0 Å². The van der Waals surface area contributed by atoms with Crippen molar-refractivity contribution in [3.8, 4) is 5.75 Å². The van der Waals surface area contributed by atoms with E-state index in [1.165, 1.54) is 36.0 Å². The molecule has 2 aromatic heterocycles. The van der Waals surface area contributed by atoms with Crippen LogP contribution in [0.3, 0.4) is 0 Å². The highest BCUT2D eigenvalue weighted by molar-refractivity contribution is 5.98. The summed E-state index contributed by atoms with van der Waals surface area (Å²) in [5.74, 6) is -3.01. The first kappa shape index (κ1) is 27.6. The fraction of sp³-hybridized carbons (Fsp3) is 0.346. The van der Waals surface area contributed by atoms with Crippen molar-refractivity contribution in [1.29, 1.82) is 0 Å². The van der Waals surface area contributed by atoms with Crippen LogP contribution in [0.25, 0.3) is 5.65 Å². The molecule has 2 heterocycles. The number of ether oxygens (including phenoxy) is 2. The maximum absolute atomic E-state index is 13.7. The summed E-state index contributed by atoms with van der Waals surface area (Å²) >= 11 is 0. The van der Waals surface area contributed by atoms with Crippen LogP contribution in [-0.2, 0) is 16.1 Å². The van der Waals surface area contributed by atoms with Gasteiger partial charge in [-0.25, -0.2) is 13.9 Å². The summed E-state index contributed by atoms with van der Waals surface area (Å²) in [5.41, 5.74) is 0.927. The molecule has 1 aromatic carbocycles. The van der Waals surface area contributed by atoms with Crippen LogP contribution in [0.2, 0.25) is 0 Å². The molecular formula is C26H26F3N5O5. The molecule has 0 spiro atoms. The molecule has 3 aromatic rings.